The Bertz CT molecular complexity index is 499. The van der Waals surface area contributed by atoms with Gasteiger partial charge >= 0.3 is 0 Å². The number of hydrogen-bond donors (Lipinski definition) is 0. The lowest BCUT2D eigenvalue weighted by Gasteiger charge is -2.44. The van der Waals surface area contributed by atoms with Crippen molar-refractivity contribution in [3.05, 3.63) is 24.2 Å². The molecule has 3 fully saturated rings. The van der Waals surface area contributed by atoms with Crippen LogP contribution in [0.15, 0.2) is 22.8 Å². The molecule has 0 unspecified atom stereocenters. The van der Waals surface area contributed by atoms with Crippen LogP contribution in [-0.4, -0.2) is 47.4 Å². The molecule has 114 valence electrons. The zero-order valence-corrected chi connectivity index (χ0v) is 12.6. The molecule has 0 aromatic carbocycles. The van der Waals surface area contributed by atoms with Crippen molar-refractivity contribution in [1.82, 2.24) is 9.80 Å². The second-order valence-electron chi connectivity index (χ2n) is 7.01. The second kappa shape index (κ2) is 5.16. The first-order valence-electron chi connectivity index (χ1n) is 8.35. The van der Waals surface area contributed by atoms with Crippen LogP contribution in [0.5, 0.6) is 0 Å². The minimum atomic E-state index is 0.0909. The Morgan fingerprint density at radius 1 is 1.24 bits per heavy atom. The van der Waals surface area contributed by atoms with Gasteiger partial charge in [-0.3, -0.25) is 4.79 Å². The van der Waals surface area contributed by atoms with Gasteiger partial charge < -0.3 is 14.2 Å². The monoisotopic (exact) mass is 288 g/mol. The number of carbonyl (C=O) groups is 1. The highest BCUT2D eigenvalue weighted by molar-refractivity contribution is 5.92. The molecule has 0 radical (unpaired) electrons. The lowest BCUT2D eigenvalue weighted by Crippen LogP contribution is -2.54. The fourth-order valence-corrected chi connectivity index (χ4v) is 4.13. The molecule has 1 saturated carbocycles. The van der Waals surface area contributed by atoms with Gasteiger partial charge in [0.25, 0.3) is 5.91 Å². The van der Waals surface area contributed by atoms with Gasteiger partial charge in [-0.2, -0.15) is 0 Å². The van der Waals surface area contributed by atoms with Gasteiger partial charge in [-0.05, 0) is 56.6 Å². The summed E-state index contributed by atoms with van der Waals surface area (Å²) in [6, 6.07) is 3.59. The Kier molecular flexibility index (Phi) is 3.29. The Balaban J connectivity index is 1.44. The number of carbonyl (C=O) groups excluding carboxylic acids is 1. The van der Waals surface area contributed by atoms with Gasteiger partial charge in [-0.15, -0.1) is 0 Å². The van der Waals surface area contributed by atoms with Crippen LogP contribution in [0, 0.1) is 5.92 Å². The smallest absolute Gasteiger partial charge is 0.290 e. The molecule has 1 aromatic rings. The first-order valence-corrected chi connectivity index (χ1v) is 8.35. The molecule has 4 rings (SSSR count). The van der Waals surface area contributed by atoms with E-state index in [0.717, 1.165) is 51.2 Å². The maximum atomic E-state index is 12.7. The number of hydrogen-bond acceptors (Lipinski definition) is 3. The molecule has 0 atom stereocenters. The molecule has 0 bridgehead atoms. The van der Waals surface area contributed by atoms with Crippen LogP contribution in [0.4, 0.5) is 0 Å². The van der Waals surface area contributed by atoms with Crippen LogP contribution in [0.25, 0.3) is 0 Å². The number of amides is 1. The van der Waals surface area contributed by atoms with Gasteiger partial charge in [0.2, 0.25) is 0 Å². The van der Waals surface area contributed by atoms with E-state index in [4.69, 9.17) is 4.42 Å². The van der Waals surface area contributed by atoms with E-state index >= 15 is 0 Å². The third kappa shape index (κ3) is 2.50. The average Bonchev–Trinajstić information content (AvgIpc) is 3.02. The summed E-state index contributed by atoms with van der Waals surface area (Å²) >= 11 is 0. The molecule has 2 saturated heterocycles. The van der Waals surface area contributed by atoms with Crippen molar-refractivity contribution in [1.29, 1.82) is 0 Å². The van der Waals surface area contributed by atoms with Crippen LogP contribution in [0.1, 0.15) is 49.1 Å². The number of likely N-dealkylation sites (tertiary alicyclic amines) is 2. The highest BCUT2D eigenvalue weighted by atomic mass is 16.3. The van der Waals surface area contributed by atoms with Crippen LogP contribution in [-0.2, 0) is 0 Å². The molecule has 2 aliphatic heterocycles. The molecular formula is C17H24N2O2. The van der Waals surface area contributed by atoms with Gasteiger partial charge in [0.1, 0.15) is 0 Å². The summed E-state index contributed by atoms with van der Waals surface area (Å²) in [5.41, 5.74) is 0.101. The predicted molar refractivity (Wildman–Crippen MR) is 80.1 cm³/mol. The molecule has 3 heterocycles. The zero-order chi connectivity index (χ0) is 14.3. The van der Waals surface area contributed by atoms with Crippen molar-refractivity contribution >= 4 is 5.91 Å². The van der Waals surface area contributed by atoms with E-state index in [0.29, 0.717) is 5.76 Å². The average molecular weight is 288 g/mol. The SMILES string of the molecule is O=C(c1ccco1)N1CCCC12CCN(CC1CC1)CC2. The summed E-state index contributed by atoms with van der Waals surface area (Å²) < 4.78 is 5.32. The summed E-state index contributed by atoms with van der Waals surface area (Å²) in [6.07, 6.45) is 8.99. The number of nitrogens with zero attached hydrogens (tertiary/aromatic N) is 2. The molecule has 1 amide bonds. The largest absolute Gasteiger partial charge is 0.459 e. The van der Waals surface area contributed by atoms with E-state index < -0.39 is 0 Å². The summed E-state index contributed by atoms with van der Waals surface area (Å²) in [5.74, 6) is 1.55. The van der Waals surface area contributed by atoms with Gasteiger partial charge in [-0.25, -0.2) is 0 Å². The van der Waals surface area contributed by atoms with E-state index in [1.54, 1.807) is 18.4 Å². The third-order valence-electron chi connectivity index (χ3n) is 5.57. The molecule has 1 aliphatic carbocycles. The van der Waals surface area contributed by atoms with E-state index in [1.807, 2.05) is 0 Å². The predicted octanol–water partition coefficient (Wildman–Crippen LogP) is 2.76. The summed E-state index contributed by atoms with van der Waals surface area (Å²) in [4.78, 5) is 17.4. The van der Waals surface area contributed by atoms with E-state index in [-0.39, 0.29) is 11.4 Å². The topological polar surface area (TPSA) is 36.7 Å². The normalized spacial score (nSPS) is 25.6. The summed E-state index contributed by atoms with van der Waals surface area (Å²) in [6.45, 7) is 4.47. The van der Waals surface area contributed by atoms with Crippen LogP contribution in [0.2, 0.25) is 0 Å². The molecule has 3 aliphatic rings. The zero-order valence-electron chi connectivity index (χ0n) is 12.6. The van der Waals surface area contributed by atoms with Crippen molar-refractivity contribution in [2.24, 2.45) is 5.92 Å². The molecule has 1 spiro atoms. The minimum absolute atomic E-state index is 0.0909. The van der Waals surface area contributed by atoms with Gasteiger partial charge in [0.15, 0.2) is 5.76 Å². The Morgan fingerprint density at radius 3 is 2.71 bits per heavy atom. The van der Waals surface area contributed by atoms with Crippen molar-refractivity contribution in [3.8, 4) is 0 Å². The second-order valence-corrected chi connectivity index (χ2v) is 7.01. The Labute approximate surface area is 126 Å². The number of furan rings is 1. The fraction of sp³-hybridized carbons (Fsp3) is 0.706. The fourth-order valence-electron chi connectivity index (χ4n) is 4.13. The van der Waals surface area contributed by atoms with Crippen LogP contribution >= 0.6 is 0 Å². The number of rotatable bonds is 3. The van der Waals surface area contributed by atoms with Crippen LogP contribution < -0.4 is 0 Å². The van der Waals surface area contributed by atoms with Crippen molar-refractivity contribution < 1.29 is 9.21 Å². The Morgan fingerprint density at radius 2 is 2.05 bits per heavy atom. The third-order valence-corrected chi connectivity index (χ3v) is 5.57. The van der Waals surface area contributed by atoms with E-state index in [9.17, 15) is 4.79 Å². The lowest BCUT2D eigenvalue weighted by atomic mass is 9.84. The molecule has 0 N–H and O–H groups in total. The summed E-state index contributed by atoms with van der Waals surface area (Å²) in [5, 5.41) is 0. The van der Waals surface area contributed by atoms with Crippen molar-refractivity contribution in [2.45, 2.75) is 44.1 Å². The molecule has 1 aromatic heterocycles. The summed E-state index contributed by atoms with van der Waals surface area (Å²) in [7, 11) is 0. The number of piperidine rings is 1. The lowest BCUT2D eigenvalue weighted by molar-refractivity contribution is 0.0338. The quantitative estimate of drug-likeness (QED) is 0.858. The van der Waals surface area contributed by atoms with Gasteiger partial charge in [-0.1, -0.05) is 0 Å². The first kappa shape index (κ1) is 13.4. The molecule has 4 heteroatoms. The van der Waals surface area contributed by atoms with E-state index in [1.165, 1.54) is 19.4 Å². The highest BCUT2D eigenvalue weighted by Gasteiger charge is 2.46. The molecular weight excluding hydrogens is 264 g/mol. The van der Waals surface area contributed by atoms with Gasteiger partial charge in [0.05, 0.1) is 6.26 Å². The standard InChI is InChI=1S/C17H24N2O2/c20-16(15-3-1-12-21-15)19-9-2-6-17(19)7-10-18(11-8-17)13-14-4-5-14/h1,3,12,14H,2,4-11,13H2. The molecule has 4 nitrogen and oxygen atoms in total. The van der Waals surface area contributed by atoms with Crippen molar-refractivity contribution in [2.75, 3.05) is 26.2 Å². The Hall–Kier alpha value is -1.29. The highest BCUT2D eigenvalue weighted by Crippen LogP contribution is 2.40. The van der Waals surface area contributed by atoms with Gasteiger partial charge in [0, 0.05) is 31.7 Å². The van der Waals surface area contributed by atoms with Crippen molar-refractivity contribution in [3.63, 3.8) is 0 Å². The first-order chi connectivity index (χ1) is 10.3. The molecule has 21 heavy (non-hydrogen) atoms. The van der Waals surface area contributed by atoms with Crippen LogP contribution in [0.3, 0.4) is 0 Å². The van der Waals surface area contributed by atoms with E-state index in [2.05, 4.69) is 9.80 Å². The maximum Gasteiger partial charge on any atom is 0.290 e. The maximum absolute atomic E-state index is 12.7. The minimum Gasteiger partial charge on any atom is -0.459 e.